The van der Waals surface area contributed by atoms with E-state index in [1.807, 2.05) is 33.9 Å². The molecule has 3 aromatic rings. The Hall–Kier alpha value is -2.58. The molecule has 1 fully saturated rings. The second kappa shape index (κ2) is 7.35. The molecule has 0 amide bonds. The zero-order chi connectivity index (χ0) is 20.8. The Balaban J connectivity index is 0.00000256. The average molecular weight is 401 g/mol. The summed E-state index contributed by atoms with van der Waals surface area (Å²) in [4.78, 5) is 13.1. The first-order valence-corrected chi connectivity index (χ1v) is 9.92. The highest BCUT2D eigenvalue weighted by Gasteiger charge is 2.41. The molecule has 7 nitrogen and oxygen atoms in total. The Morgan fingerprint density at radius 3 is 2.86 bits per heavy atom. The van der Waals surface area contributed by atoms with Crippen molar-refractivity contribution in [1.82, 2.24) is 25.1 Å². The molecule has 0 aromatic carbocycles. The molecule has 8 heteroatoms. The fraction of sp³-hybridized carbons (Fsp3) is 0.476. The van der Waals surface area contributed by atoms with Gasteiger partial charge in [0.15, 0.2) is 11.5 Å². The molecule has 1 saturated heterocycles. The molecule has 4 rings (SSSR count). The Bertz CT molecular complexity index is 1020. The molecule has 0 radical (unpaired) electrons. The van der Waals surface area contributed by atoms with E-state index in [4.69, 9.17) is 0 Å². The fourth-order valence-corrected chi connectivity index (χ4v) is 3.91. The van der Waals surface area contributed by atoms with Crippen LogP contribution in [0.1, 0.15) is 22.2 Å². The number of anilines is 1. The lowest BCUT2D eigenvalue weighted by Gasteiger charge is -2.48. The van der Waals surface area contributed by atoms with Crippen molar-refractivity contribution in [2.75, 3.05) is 31.6 Å². The van der Waals surface area contributed by atoms with Gasteiger partial charge in [-0.15, -0.1) is 0 Å². The van der Waals surface area contributed by atoms with Crippen LogP contribution in [0.25, 0.3) is 22.4 Å². The monoisotopic (exact) mass is 400 g/mol. The van der Waals surface area contributed by atoms with Crippen LogP contribution in [0, 0.1) is 11.7 Å². The standard InChI is InChI=1S/C21H27FN6O.H2/c1-13(2)21(3,29)16-12-28(11-10-27(16)4)17-8-7-15(22)19(24-17)18-14-6-5-9-23-20(14)26-25-18;/h5-9,13,16,29H,10-12H2,1-4H3,(H,23,25,26);1H. The van der Waals surface area contributed by atoms with Crippen LogP contribution in [0.5, 0.6) is 0 Å². The fourth-order valence-electron chi connectivity index (χ4n) is 3.91. The summed E-state index contributed by atoms with van der Waals surface area (Å²) in [6.07, 6.45) is 1.65. The third-order valence-electron chi connectivity index (χ3n) is 6.21. The van der Waals surface area contributed by atoms with Gasteiger partial charge in [0.1, 0.15) is 11.5 Å². The van der Waals surface area contributed by atoms with Crippen LogP contribution >= 0.6 is 0 Å². The molecule has 0 aliphatic carbocycles. The molecule has 3 aromatic heterocycles. The summed E-state index contributed by atoms with van der Waals surface area (Å²) < 4.78 is 14.7. The summed E-state index contributed by atoms with van der Waals surface area (Å²) in [5.74, 6) is 0.379. The van der Waals surface area contributed by atoms with Crippen molar-refractivity contribution in [3.8, 4) is 11.4 Å². The zero-order valence-corrected chi connectivity index (χ0v) is 17.2. The largest absolute Gasteiger partial charge is 0.388 e. The summed E-state index contributed by atoms with van der Waals surface area (Å²) >= 11 is 0. The minimum absolute atomic E-state index is 0. The normalized spacial score (nSPS) is 20.4. The predicted molar refractivity (Wildman–Crippen MR) is 113 cm³/mol. The van der Waals surface area contributed by atoms with E-state index in [2.05, 4.69) is 30.0 Å². The minimum Gasteiger partial charge on any atom is -0.388 e. The molecular weight excluding hydrogens is 371 g/mol. The molecule has 0 saturated carbocycles. The molecule has 0 spiro atoms. The van der Waals surface area contributed by atoms with E-state index in [1.54, 1.807) is 18.3 Å². The molecular formula is C21H29FN6O. The maximum Gasteiger partial charge on any atom is 0.181 e. The lowest BCUT2D eigenvalue weighted by Crippen LogP contribution is -2.62. The van der Waals surface area contributed by atoms with E-state index in [1.165, 1.54) is 6.07 Å². The zero-order valence-electron chi connectivity index (χ0n) is 17.2. The molecule has 2 unspecified atom stereocenters. The lowest BCUT2D eigenvalue weighted by molar-refractivity contribution is -0.0624. The molecule has 0 bridgehead atoms. The SMILES string of the molecule is CC(C)C(C)(O)C1CN(c2ccc(F)c(-c3[nH]nc4ncccc34)n2)CCN1C.[HH]. The van der Waals surface area contributed by atoms with Crippen molar-refractivity contribution in [2.45, 2.75) is 32.4 Å². The third-order valence-corrected chi connectivity index (χ3v) is 6.21. The quantitative estimate of drug-likeness (QED) is 0.701. The van der Waals surface area contributed by atoms with Gasteiger partial charge in [-0.05, 0) is 44.2 Å². The van der Waals surface area contributed by atoms with Crippen LogP contribution in [0.15, 0.2) is 30.5 Å². The van der Waals surface area contributed by atoms with Gasteiger partial charge in [-0.2, -0.15) is 5.10 Å². The summed E-state index contributed by atoms with van der Waals surface area (Å²) in [7, 11) is 2.03. The van der Waals surface area contributed by atoms with Crippen molar-refractivity contribution in [2.24, 2.45) is 5.92 Å². The van der Waals surface area contributed by atoms with E-state index in [0.717, 1.165) is 18.5 Å². The highest BCUT2D eigenvalue weighted by atomic mass is 19.1. The number of rotatable bonds is 4. The highest BCUT2D eigenvalue weighted by Crippen LogP contribution is 2.31. The molecule has 2 atom stereocenters. The number of likely N-dealkylation sites (N-methyl/N-ethyl adjacent to an activating group) is 1. The van der Waals surface area contributed by atoms with E-state index < -0.39 is 11.4 Å². The lowest BCUT2D eigenvalue weighted by atomic mass is 9.83. The van der Waals surface area contributed by atoms with Crippen LogP contribution in [-0.4, -0.2) is 68.5 Å². The van der Waals surface area contributed by atoms with Crippen LogP contribution in [0.3, 0.4) is 0 Å². The second-order valence-corrected chi connectivity index (χ2v) is 8.30. The van der Waals surface area contributed by atoms with E-state index in [9.17, 15) is 9.50 Å². The Kier molecular flexibility index (Phi) is 5.00. The molecule has 4 heterocycles. The third kappa shape index (κ3) is 3.47. The maximum atomic E-state index is 14.7. The number of H-pyrrole nitrogens is 1. The number of piperazine rings is 1. The topological polar surface area (TPSA) is 81.2 Å². The number of nitrogens with zero attached hydrogens (tertiary/aromatic N) is 5. The number of aromatic amines is 1. The van der Waals surface area contributed by atoms with E-state index in [-0.39, 0.29) is 19.1 Å². The molecule has 1 aliphatic heterocycles. The smallest absolute Gasteiger partial charge is 0.181 e. The molecule has 1 aliphatic rings. The van der Waals surface area contributed by atoms with E-state index >= 15 is 0 Å². The summed E-state index contributed by atoms with van der Waals surface area (Å²) in [6, 6.07) is 6.73. The number of fused-ring (bicyclic) bond motifs is 1. The number of hydrogen-bond donors (Lipinski definition) is 2. The van der Waals surface area contributed by atoms with Crippen LogP contribution in [-0.2, 0) is 0 Å². The van der Waals surface area contributed by atoms with Gasteiger partial charge in [0, 0.05) is 32.6 Å². The van der Waals surface area contributed by atoms with Crippen molar-refractivity contribution >= 4 is 16.9 Å². The van der Waals surface area contributed by atoms with Gasteiger partial charge in [-0.3, -0.25) is 10.00 Å². The maximum absolute atomic E-state index is 14.7. The number of nitrogens with one attached hydrogen (secondary N) is 1. The van der Waals surface area contributed by atoms with Gasteiger partial charge in [-0.1, -0.05) is 13.8 Å². The van der Waals surface area contributed by atoms with Gasteiger partial charge in [-0.25, -0.2) is 14.4 Å². The first kappa shape index (κ1) is 19.7. The van der Waals surface area contributed by atoms with Crippen LogP contribution in [0.4, 0.5) is 10.2 Å². The van der Waals surface area contributed by atoms with Gasteiger partial charge < -0.3 is 10.0 Å². The van der Waals surface area contributed by atoms with Gasteiger partial charge in [0.25, 0.3) is 0 Å². The Labute approximate surface area is 171 Å². The Morgan fingerprint density at radius 1 is 1.31 bits per heavy atom. The number of halogens is 1. The van der Waals surface area contributed by atoms with Crippen LogP contribution in [0.2, 0.25) is 0 Å². The first-order chi connectivity index (χ1) is 13.8. The molecule has 29 heavy (non-hydrogen) atoms. The summed E-state index contributed by atoms with van der Waals surface area (Å²) in [5, 5.41) is 18.8. The van der Waals surface area contributed by atoms with Gasteiger partial charge in [0.2, 0.25) is 0 Å². The molecule has 156 valence electrons. The van der Waals surface area contributed by atoms with Gasteiger partial charge in [0.05, 0.1) is 17.3 Å². The molecule has 2 N–H and O–H groups in total. The highest BCUT2D eigenvalue weighted by molar-refractivity contribution is 5.89. The summed E-state index contributed by atoms with van der Waals surface area (Å²) in [5.41, 5.74) is 0.430. The second-order valence-electron chi connectivity index (χ2n) is 8.30. The van der Waals surface area contributed by atoms with Crippen molar-refractivity contribution in [3.05, 3.63) is 36.3 Å². The number of pyridine rings is 2. The predicted octanol–water partition coefficient (Wildman–Crippen LogP) is 2.93. The minimum atomic E-state index is -0.846. The van der Waals surface area contributed by atoms with Crippen molar-refractivity contribution < 1.29 is 10.9 Å². The first-order valence-electron chi connectivity index (χ1n) is 9.92. The Morgan fingerprint density at radius 2 is 2.10 bits per heavy atom. The van der Waals surface area contributed by atoms with Crippen molar-refractivity contribution in [1.29, 1.82) is 0 Å². The average Bonchev–Trinajstić information content (AvgIpc) is 3.12. The van der Waals surface area contributed by atoms with Crippen LogP contribution < -0.4 is 4.90 Å². The van der Waals surface area contributed by atoms with Gasteiger partial charge >= 0.3 is 0 Å². The number of hydrogen-bond acceptors (Lipinski definition) is 6. The number of aromatic nitrogens is 4. The number of aliphatic hydroxyl groups is 1. The van der Waals surface area contributed by atoms with Crippen molar-refractivity contribution in [3.63, 3.8) is 0 Å². The van der Waals surface area contributed by atoms with E-state index in [0.29, 0.717) is 23.7 Å². The summed E-state index contributed by atoms with van der Waals surface area (Å²) in [6.45, 7) is 8.10.